The Kier molecular flexibility index (Phi) is 2.90. The monoisotopic (exact) mass is 332 g/mol. The number of nitrogens with one attached hydrogen (secondary N) is 2. The fourth-order valence-corrected chi connectivity index (χ4v) is 2.39. The van der Waals surface area contributed by atoms with E-state index < -0.39 is 5.91 Å². The number of fused-ring (bicyclic) bond motifs is 1. The molecule has 0 atom stereocenters. The van der Waals surface area contributed by atoms with E-state index in [4.69, 9.17) is 5.73 Å². The van der Waals surface area contributed by atoms with Crippen LogP contribution in [0.2, 0.25) is 0 Å². The van der Waals surface area contributed by atoms with Crippen molar-refractivity contribution in [2.24, 2.45) is 0 Å². The number of nitrogen functional groups attached to an aromatic ring is 1. The summed E-state index contributed by atoms with van der Waals surface area (Å²) in [5.41, 5.74) is 7.55. The van der Waals surface area contributed by atoms with Crippen LogP contribution in [0.5, 0.6) is 0 Å². The molecule has 0 bridgehead atoms. The Morgan fingerprint density at radius 1 is 1.15 bits per heavy atom. The number of pyridine rings is 1. The van der Waals surface area contributed by atoms with Gasteiger partial charge in [0.15, 0.2) is 0 Å². The largest absolute Gasteiger partial charge is 0.397 e. The second kappa shape index (κ2) is 4.61. The van der Waals surface area contributed by atoms with E-state index in [1.807, 2.05) is 0 Å². The zero-order valence-electron chi connectivity index (χ0n) is 10.1. The molecule has 4 N–H and O–H groups in total. The van der Waals surface area contributed by atoms with Gasteiger partial charge in [-0.3, -0.25) is 14.9 Å². The average molecular weight is 333 g/mol. The van der Waals surface area contributed by atoms with Crippen molar-refractivity contribution in [2.75, 3.05) is 11.1 Å². The molecule has 1 aromatic heterocycles. The van der Waals surface area contributed by atoms with Gasteiger partial charge in [-0.2, -0.15) is 0 Å². The second-order valence-corrected chi connectivity index (χ2v) is 5.12. The van der Waals surface area contributed by atoms with Crippen molar-refractivity contribution >= 4 is 44.9 Å². The number of benzene rings is 1. The molecule has 1 aromatic carbocycles. The van der Waals surface area contributed by atoms with Crippen LogP contribution in [0.4, 0.5) is 17.2 Å². The summed E-state index contributed by atoms with van der Waals surface area (Å²) in [6, 6.07) is 6.64. The molecule has 1 aliphatic rings. The number of imide groups is 1. The van der Waals surface area contributed by atoms with Crippen molar-refractivity contribution in [3.63, 3.8) is 0 Å². The minimum Gasteiger partial charge on any atom is -0.397 e. The van der Waals surface area contributed by atoms with Gasteiger partial charge in [-0.15, -0.1) is 0 Å². The first-order valence-electron chi connectivity index (χ1n) is 5.72. The van der Waals surface area contributed by atoms with Gasteiger partial charge in [0.05, 0.1) is 27.5 Å². The van der Waals surface area contributed by atoms with Crippen molar-refractivity contribution in [1.29, 1.82) is 0 Å². The van der Waals surface area contributed by atoms with E-state index in [0.717, 1.165) is 0 Å². The lowest BCUT2D eigenvalue weighted by atomic mass is 10.1. The van der Waals surface area contributed by atoms with E-state index in [2.05, 4.69) is 31.5 Å². The molecule has 7 heteroatoms. The number of anilines is 3. The van der Waals surface area contributed by atoms with Gasteiger partial charge in [-0.05, 0) is 40.2 Å². The highest BCUT2D eigenvalue weighted by molar-refractivity contribution is 9.10. The molecule has 6 nitrogen and oxygen atoms in total. The molecule has 100 valence electrons. The zero-order chi connectivity index (χ0) is 14.3. The third-order valence-electron chi connectivity index (χ3n) is 2.86. The maximum absolute atomic E-state index is 11.6. The molecule has 0 unspecified atom stereocenters. The molecule has 2 aromatic rings. The van der Waals surface area contributed by atoms with Gasteiger partial charge < -0.3 is 11.1 Å². The van der Waals surface area contributed by atoms with Gasteiger partial charge in [-0.25, -0.2) is 4.98 Å². The van der Waals surface area contributed by atoms with Crippen LogP contribution in [0.15, 0.2) is 34.9 Å². The molecule has 0 spiro atoms. The second-order valence-electron chi connectivity index (χ2n) is 4.27. The minimum atomic E-state index is -0.391. The molecular formula is C13H9BrN4O2. The van der Waals surface area contributed by atoms with Crippen LogP contribution in [0.3, 0.4) is 0 Å². The summed E-state index contributed by atoms with van der Waals surface area (Å²) in [6.45, 7) is 0. The Hall–Kier alpha value is -2.41. The van der Waals surface area contributed by atoms with E-state index in [1.54, 1.807) is 24.3 Å². The number of halogens is 1. The molecule has 0 saturated heterocycles. The molecule has 20 heavy (non-hydrogen) atoms. The lowest BCUT2D eigenvalue weighted by Gasteiger charge is -2.08. The average Bonchev–Trinajstić information content (AvgIpc) is 2.68. The number of amides is 2. The minimum absolute atomic E-state index is 0.353. The molecule has 0 aliphatic carbocycles. The number of hydrogen-bond acceptors (Lipinski definition) is 5. The SMILES string of the molecule is Nc1cnc(Nc2ccc3c(c2)C(=O)NC3=O)c(Br)c1. The van der Waals surface area contributed by atoms with E-state index in [1.165, 1.54) is 6.20 Å². The van der Waals surface area contributed by atoms with Crippen molar-refractivity contribution < 1.29 is 9.59 Å². The maximum Gasteiger partial charge on any atom is 0.259 e. The zero-order valence-corrected chi connectivity index (χ0v) is 11.7. The summed E-state index contributed by atoms with van der Waals surface area (Å²) in [4.78, 5) is 27.2. The number of nitrogens with two attached hydrogens (primary N) is 1. The van der Waals surface area contributed by atoms with Gasteiger partial charge in [0, 0.05) is 5.69 Å². The van der Waals surface area contributed by atoms with E-state index in [0.29, 0.717) is 32.8 Å². The molecule has 0 fully saturated rings. The Morgan fingerprint density at radius 3 is 2.65 bits per heavy atom. The van der Waals surface area contributed by atoms with Crippen LogP contribution in [-0.4, -0.2) is 16.8 Å². The molecule has 3 rings (SSSR count). The normalized spacial score (nSPS) is 13.1. The smallest absolute Gasteiger partial charge is 0.259 e. The summed E-state index contributed by atoms with van der Waals surface area (Å²) >= 11 is 3.35. The van der Waals surface area contributed by atoms with Gasteiger partial charge in [-0.1, -0.05) is 0 Å². The standard InChI is InChI=1S/C13H9BrN4O2/c14-10-3-6(15)5-16-11(10)17-7-1-2-8-9(4-7)13(20)18-12(8)19/h1-5H,15H2,(H,16,17)(H,18,19,20). The highest BCUT2D eigenvalue weighted by Gasteiger charge is 2.26. The number of hydrogen-bond donors (Lipinski definition) is 3. The molecule has 2 amide bonds. The van der Waals surface area contributed by atoms with Crippen LogP contribution >= 0.6 is 15.9 Å². The maximum atomic E-state index is 11.6. The Balaban J connectivity index is 1.95. The summed E-state index contributed by atoms with van der Waals surface area (Å²) in [6.07, 6.45) is 1.52. The Morgan fingerprint density at radius 2 is 1.90 bits per heavy atom. The van der Waals surface area contributed by atoms with Crippen LogP contribution in [0.1, 0.15) is 20.7 Å². The number of rotatable bonds is 2. The van der Waals surface area contributed by atoms with Gasteiger partial charge in [0.1, 0.15) is 5.82 Å². The van der Waals surface area contributed by atoms with Crippen molar-refractivity contribution in [1.82, 2.24) is 10.3 Å². The molecule has 0 saturated carbocycles. The first-order chi connectivity index (χ1) is 9.54. The lowest BCUT2D eigenvalue weighted by Crippen LogP contribution is -2.19. The highest BCUT2D eigenvalue weighted by Crippen LogP contribution is 2.27. The van der Waals surface area contributed by atoms with Gasteiger partial charge >= 0.3 is 0 Å². The topological polar surface area (TPSA) is 97.1 Å². The third-order valence-corrected chi connectivity index (χ3v) is 3.47. The lowest BCUT2D eigenvalue weighted by molar-refractivity contribution is 0.0879. The number of carbonyl (C=O) groups is 2. The number of carbonyl (C=O) groups excluding carboxylic acids is 2. The fourth-order valence-electron chi connectivity index (χ4n) is 1.93. The number of aromatic nitrogens is 1. The fraction of sp³-hybridized carbons (Fsp3) is 0. The summed E-state index contributed by atoms with van der Waals surface area (Å²) in [5, 5.41) is 5.30. The van der Waals surface area contributed by atoms with E-state index in [-0.39, 0.29) is 5.91 Å². The number of nitrogens with zero attached hydrogens (tertiary/aromatic N) is 1. The third kappa shape index (κ3) is 2.12. The predicted molar refractivity (Wildman–Crippen MR) is 77.9 cm³/mol. The highest BCUT2D eigenvalue weighted by atomic mass is 79.9. The summed E-state index contributed by atoms with van der Waals surface area (Å²) in [5.74, 6) is -0.190. The van der Waals surface area contributed by atoms with Crippen LogP contribution in [-0.2, 0) is 0 Å². The summed E-state index contributed by atoms with van der Waals surface area (Å²) in [7, 11) is 0. The predicted octanol–water partition coefficient (Wildman–Crippen LogP) is 2.05. The molecule has 2 heterocycles. The quantitative estimate of drug-likeness (QED) is 0.731. The van der Waals surface area contributed by atoms with Gasteiger partial charge in [0.2, 0.25) is 0 Å². The van der Waals surface area contributed by atoms with E-state index >= 15 is 0 Å². The van der Waals surface area contributed by atoms with Gasteiger partial charge in [0.25, 0.3) is 11.8 Å². The van der Waals surface area contributed by atoms with Crippen molar-refractivity contribution in [3.05, 3.63) is 46.1 Å². The molecular weight excluding hydrogens is 324 g/mol. The first-order valence-corrected chi connectivity index (χ1v) is 6.51. The first kappa shape index (κ1) is 12.6. The van der Waals surface area contributed by atoms with E-state index in [9.17, 15) is 9.59 Å². The van der Waals surface area contributed by atoms with Crippen LogP contribution < -0.4 is 16.4 Å². The Bertz CT molecular complexity index is 745. The molecule has 0 radical (unpaired) electrons. The molecule has 1 aliphatic heterocycles. The van der Waals surface area contributed by atoms with Crippen LogP contribution in [0.25, 0.3) is 0 Å². The van der Waals surface area contributed by atoms with Crippen molar-refractivity contribution in [2.45, 2.75) is 0 Å². The van der Waals surface area contributed by atoms with Crippen LogP contribution in [0, 0.1) is 0 Å². The Labute approximate surface area is 122 Å². The summed E-state index contributed by atoms with van der Waals surface area (Å²) < 4.78 is 0.707. The van der Waals surface area contributed by atoms with Crippen molar-refractivity contribution in [3.8, 4) is 0 Å².